The molecule has 0 aliphatic rings. The van der Waals surface area contributed by atoms with E-state index in [0.717, 1.165) is 16.3 Å². The fourth-order valence-corrected chi connectivity index (χ4v) is 2.84. The lowest BCUT2D eigenvalue weighted by molar-refractivity contribution is 0.102. The van der Waals surface area contributed by atoms with Crippen molar-refractivity contribution in [3.05, 3.63) is 64.7 Å². The lowest BCUT2D eigenvalue weighted by atomic mass is 10.0. The molecule has 0 aromatic heterocycles. The summed E-state index contributed by atoms with van der Waals surface area (Å²) < 4.78 is 10.7. The Balaban J connectivity index is 2.01. The number of amides is 1. The molecule has 0 saturated heterocycles. The van der Waals surface area contributed by atoms with Crippen molar-refractivity contribution < 1.29 is 14.3 Å². The maximum atomic E-state index is 12.8. The van der Waals surface area contributed by atoms with E-state index in [4.69, 9.17) is 21.1 Å². The number of rotatable bonds is 4. The fourth-order valence-electron chi connectivity index (χ4n) is 2.69. The Kier molecular flexibility index (Phi) is 4.81. The van der Waals surface area contributed by atoms with E-state index in [1.54, 1.807) is 19.2 Å². The monoisotopic (exact) mass is 355 g/mol. The lowest BCUT2D eigenvalue weighted by Gasteiger charge is -2.14. The van der Waals surface area contributed by atoms with E-state index in [1.807, 2.05) is 43.3 Å². The molecule has 1 amide bonds. The summed E-state index contributed by atoms with van der Waals surface area (Å²) >= 11 is 6.12. The third-order valence-corrected chi connectivity index (χ3v) is 4.45. The number of methoxy groups -OCH3 is 2. The number of aryl methyl sites for hydroxylation is 1. The molecular weight excluding hydrogens is 338 g/mol. The highest BCUT2D eigenvalue weighted by atomic mass is 35.5. The Labute approximate surface area is 151 Å². The Bertz CT molecular complexity index is 953. The van der Waals surface area contributed by atoms with Crippen LogP contribution in [0.3, 0.4) is 0 Å². The standard InChI is InChI=1S/C20H18ClNO3/c1-12-8-17(19(25-3)11-16(12)21)22-20(23)15-9-13-6-4-5-7-14(13)10-18(15)24-2/h4-11H,1-3H3,(H,22,23). The van der Waals surface area contributed by atoms with Crippen LogP contribution in [0, 0.1) is 6.92 Å². The van der Waals surface area contributed by atoms with Crippen LogP contribution in [-0.2, 0) is 0 Å². The summed E-state index contributed by atoms with van der Waals surface area (Å²) in [6.07, 6.45) is 0. The first-order valence-corrected chi connectivity index (χ1v) is 8.13. The Morgan fingerprint density at radius 3 is 2.24 bits per heavy atom. The van der Waals surface area contributed by atoms with Crippen molar-refractivity contribution in [2.75, 3.05) is 19.5 Å². The van der Waals surface area contributed by atoms with E-state index >= 15 is 0 Å². The predicted molar refractivity (Wildman–Crippen MR) is 101 cm³/mol. The lowest BCUT2D eigenvalue weighted by Crippen LogP contribution is -2.14. The SMILES string of the molecule is COc1cc(Cl)c(C)cc1NC(=O)c1cc2ccccc2cc1OC. The number of anilines is 1. The first-order valence-electron chi connectivity index (χ1n) is 7.75. The molecule has 0 radical (unpaired) electrons. The van der Waals surface area contributed by atoms with E-state index in [2.05, 4.69) is 5.32 Å². The fraction of sp³-hybridized carbons (Fsp3) is 0.150. The van der Waals surface area contributed by atoms with Crippen molar-refractivity contribution >= 4 is 34.0 Å². The summed E-state index contributed by atoms with van der Waals surface area (Å²) in [6.45, 7) is 1.87. The van der Waals surface area contributed by atoms with Crippen LogP contribution in [0.15, 0.2) is 48.5 Å². The number of hydrogen-bond donors (Lipinski definition) is 1. The molecule has 3 aromatic carbocycles. The molecule has 4 nitrogen and oxygen atoms in total. The summed E-state index contributed by atoms with van der Waals surface area (Å²) in [5.74, 6) is 0.743. The first kappa shape index (κ1) is 17.1. The first-order chi connectivity index (χ1) is 12.0. The number of carbonyl (C=O) groups excluding carboxylic acids is 1. The zero-order valence-corrected chi connectivity index (χ0v) is 15.0. The molecule has 0 aliphatic heterocycles. The van der Waals surface area contributed by atoms with Crippen LogP contribution in [0.4, 0.5) is 5.69 Å². The van der Waals surface area contributed by atoms with Gasteiger partial charge in [0.25, 0.3) is 5.91 Å². The number of ether oxygens (including phenoxy) is 2. The molecule has 0 saturated carbocycles. The van der Waals surface area contributed by atoms with Crippen molar-refractivity contribution in [3.8, 4) is 11.5 Å². The van der Waals surface area contributed by atoms with Gasteiger partial charge in [-0.15, -0.1) is 0 Å². The van der Waals surface area contributed by atoms with Crippen LogP contribution >= 0.6 is 11.6 Å². The van der Waals surface area contributed by atoms with Gasteiger partial charge in [-0.05, 0) is 41.5 Å². The van der Waals surface area contributed by atoms with Crippen LogP contribution in [0.2, 0.25) is 5.02 Å². The van der Waals surface area contributed by atoms with Crippen molar-refractivity contribution in [2.24, 2.45) is 0 Å². The summed E-state index contributed by atoms with van der Waals surface area (Å²) in [5, 5.41) is 5.44. The van der Waals surface area contributed by atoms with Gasteiger partial charge in [-0.1, -0.05) is 35.9 Å². The van der Waals surface area contributed by atoms with Crippen molar-refractivity contribution in [1.29, 1.82) is 0 Å². The second-order valence-corrected chi connectivity index (χ2v) is 6.06. The van der Waals surface area contributed by atoms with E-state index in [-0.39, 0.29) is 5.91 Å². The van der Waals surface area contributed by atoms with Crippen LogP contribution in [-0.4, -0.2) is 20.1 Å². The third-order valence-electron chi connectivity index (χ3n) is 4.04. The number of nitrogens with one attached hydrogen (secondary N) is 1. The second kappa shape index (κ2) is 7.03. The van der Waals surface area contributed by atoms with Gasteiger partial charge in [0.15, 0.2) is 0 Å². The predicted octanol–water partition coefficient (Wildman–Crippen LogP) is 5.07. The molecule has 0 fully saturated rings. The molecule has 5 heteroatoms. The largest absolute Gasteiger partial charge is 0.496 e. The number of carbonyl (C=O) groups is 1. The van der Waals surface area contributed by atoms with Crippen molar-refractivity contribution in [3.63, 3.8) is 0 Å². The molecule has 0 atom stereocenters. The van der Waals surface area contributed by atoms with Gasteiger partial charge in [0.2, 0.25) is 0 Å². The topological polar surface area (TPSA) is 47.6 Å². The summed E-state index contributed by atoms with van der Waals surface area (Å²) in [4.78, 5) is 12.8. The van der Waals surface area contributed by atoms with Gasteiger partial charge in [0.05, 0.1) is 25.5 Å². The number of halogens is 1. The van der Waals surface area contributed by atoms with Crippen molar-refractivity contribution in [1.82, 2.24) is 0 Å². The zero-order valence-electron chi connectivity index (χ0n) is 14.2. The molecule has 0 bridgehead atoms. The average Bonchev–Trinajstić information content (AvgIpc) is 2.63. The minimum absolute atomic E-state index is 0.275. The maximum Gasteiger partial charge on any atom is 0.259 e. The highest BCUT2D eigenvalue weighted by molar-refractivity contribution is 6.31. The molecule has 0 unspecified atom stereocenters. The van der Waals surface area contributed by atoms with Crippen molar-refractivity contribution in [2.45, 2.75) is 6.92 Å². The number of benzene rings is 3. The molecule has 128 valence electrons. The Morgan fingerprint density at radius 2 is 1.60 bits per heavy atom. The normalized spacial score (nSPS) is 10.6. The maximum absolute atomic E-state index is 12.8. The van der Waals surface area contributed by atoms with Gasteiger partial charge in [-0.25, -0.2) is 0 Å². The molecule has 25 heavy (non-hydrogen) atoms. The Hall–Kier alpha value is -2.72. The minimum Gasteiger partial charge on any atom is -0.496 e. The van der Waals surface area contributed by atoms with Crippen LogP contribution in [0.25, 0.3) is 10.8 Å². The van der Waals surface area contributed by atoms with Gasteiger partial charge in [0, 0.05) is 11.1 Å². The second-order valence-electron chi connectivity index (χ2n) is 5.66. The van der Waals surface area contributed by atoms with Crippen LogP contribution in [0.1, 0.15) is 15.9 Å². The van der Waals surface area contributed by atoms with E-state index in [1.165, 1.54) is 7.11 Å². The van der Waals surface area contributed by atoms with Gasteiger partial charge < -0.3 is 14.8 Å². The molecule has 0 aliphatic carbocycles. The third kappa shape index (κ3) is 3.39. The van der Waals surface area contributed by atoms with E-state index in [0.29, 0.717) is 27.8 Å². The average molecular weight is 356 g/mol. The molecule has 0 heterocycles. The highest BCUT2D eigenvalue weighted by Gasteiger charge is 2.16. The van der Waals surface area contributed by atoms with Gasteiger partial charge in [-0.2, -0.15) is 0 Å². The van der Waals surface area contributed by atoms with Crippen LogP contribution in [0.5, 0.6) is 11.5 Å². The summed E-state index contributed by atoms with van der Waals surface area (Å²) in [7, 11) is 3.08. The van der Waals surface area contributed by atoms with Gasteiger partial charge in [-0.3, -0.25) is 4.79 Å². The quantitative estimate of drug-likeness (QED) is 0.710. The molecule has 0 spiro atoms. The minimum atomic E-state index is -0.275. The smallest absolute Gasteiger partial charge is 0.259 e. The summed E-state index contributed by atoms with van der Waals surface area (Å²) in [5.41, 5.74) is 1.86. The summed E-state index contributed by atoms with van der Waals surface area (Å²) in [6, 6.07) is 15.0. The molecular formula is C20H18ClNO3. The van der Waals surface area contributed by atoms with E-state index in [9.17, 15) is 4.79 Å². The van der Waals surface area contributed by atoms with Gasteiger partial charge in [0.1, 0.15) is 11.5 Å². The van der Waals surface area contributed by atoms with Gasteiger partial charge >= 0.3 is 0 Å². The molecule has 3 rings (SSSR count). The van der Waals surface area contributed by atoms with Crippen LogP contribution < -0.4 is 14.8 Å². The van der Waals surface area contributed by atoms with E-state index < -0.39 is 0 Å². The highest BCUT2D eigenvalue weighted by Crippen LogP contribution is 2.32. The number of fused-ring (bicyclic) bond motifs is 1. The number of hydrogen-bond acceptors (Lipinski definition) is 3. The zero-order chi connectivity index (χ0) is 18.0. The molecule has 3 aromatic rings. The molecule has 1 N–H and O–H groups in total. The Morgan fingerprint density at radius 1 is 0.960 bits per heavy atom.